The van der Waals surface area contributed by atoms with Crippen LogP contribution in [0.4, 0.5) is 5.69 Å². The highest BCUT2D eigenvalue weighted by molar-refractivity contribution is 8.03. The van der Waals surface area contributed by atoms with Crippen molar-refractivity contribution in [3.05, 3.63) is 86.6 Å². The number of methoxy groups -OCH3 is 1. The smallest absolute Gasteiger partial charge is 0.336 e. The van der Waals surface area contributed by atoms with Crippen LogP contribution in [-0.4, -0.2) is 38.0 Å². The maximum atomic E-state index is 13.0. The zero-order valence-electron chi connectivity index (χ0n) is 19.7. The van der Waals surface area contributed by atoms with Gasteiger partial charge in [-0.3, -0.25) is 4.79 Å². The molecular formula is C26H26ClN3O4S. The van der Waals surface area contributed by atoms with E-state index in [1.54, 1.807) is 31.2 Å². The van der Waals surface area contributed by atoms with E-state index in [4.69, 9.17) is 21.1 Å². The topological polar surface area (TPSA) is 100 Å². The summed E-state index contributed by atoms with van der Waals surface area (Å²) in [6, 6.07) is 16.8. The molecule has 1 atom stereocenters. The minimum absolute atomic E-state index is 0.0670. The van der Waals surface area contributed by atoms with Crippen LogP contribution in [0.15, 0.2) is 70.4 Å². The second kappa shape index (κ2) is 12.5. The lowest BCUT2D eigenvalue weighted by Gasteiger charge is -2.29. The number of carbonyl (C=O) groups is 2. The number of thioether (sulfide) groups is 1. The molecule has 2 aromatic rings. The largest absolute Gasteiger partial charge is 0.460 e. The van der Waals surface area contributed by atoms with E-state index in [-0.39, 0.29) is 30.4 Å². The summed E-state index contributed by atoms with van der Waals surface area (Å²) in [5.41, 5.74) is 3.50. The van der Waals surface area contributed by atoms with Crippen molar-refractivity contribution in [2.45, 2.75) is 19.8 Å². The molecule has 0 bridgehead atoms. The number of rotatable bonds is 9. The Morgan fingerprint density at radius 3 is 2.51 bits per heavy atom. The normalized spacial score (nSPS) is 15.3. The maximum absolute atomic E-state index is 13.0. The predicted octanol–water partition coefficient (Wildman–Crippen LogP) is 4.91. The van der Waals surface area contributed by atoms with Gasteiger partial charge < -0.3 is 20.1 Å². The van der Waals surface area contributed by atoms with Gasteiger partial charge in [0.05, 0.1) is 40.5 Å². The fourth-order valence-corrected chi connectivity index (χ4v) is 4.72. The van der Waals surface area contributed by atoms with Crippen molar-refractivity contribution >= 4 is 40.9 Å². The Balaban J connectivity index is 1.88. The van der Waals surface area contributed by atoms with Crippen molar-refractivity contribution < 1.29 is 19.1 Å². The highest BCUT2D eigenvalue weighted by Crippen LogP contribution is 2.43. The fourth-order valence-electron chi connectivity index (χ4n) is 3.58. The van der Waals surface area contributed by atoms with Crippen molar-refractivity contribution in [1.29, 1.82) is 5.26 Å². The van der Waals surface area contributed by atoms with Crippen molar-refractivity contribution in [1.82, 2.24) is 5.32 Å². The molecule has 1 aliphatic heterocycles. The molecule has 0 spiro atoms. The number of allylic oxidation sites excluding steroid dienone is 2. The minimum atomic E-state index is -0.743. The number of amides is 1. The van der Waals surface area contributed by atoms with Gasteiger partial charge in [-0.1, -0.05) is 59.3 Å². The van der Waals surface area contributed by atoms with Gasteiger partial charge in [0.25, 0.3) is 0 Å². The van der Waals surface area contributed by atoms with Crippen LogP contribution < -0.4 is 10.6 Å². The number of hydrogen-bond acceptors (Lipinski definition) is 7. The van der Waals surface area contributed by atoms with E-state index >= 15 is 0 Å². The van der Waals surface area contributed by atoms with Crippen LogP contribution in [0.25, 0.3) is 0 Å². The number of esters is 1. The van der Waals surface area contributed by atoms with Crippen LogP contribution in [0.5, 0.6) is 0 Å². The molecule has 0 saturated heterocycles. The van der Waals surface area contributed by atoms with Crippen LogP contribution >= 0.6 is 23.4 Å². The number of nitrogens with one attached hydrogen (secondary N) is 2. The van der Waals surface area contributed by atoms with E-state index in [1.165, 1.54) is 18.9 Å². The predicted molar refractivity (Wildman–Crippen MR) is 138 cm³/mol. The van der Waals surface area contributed by atoms with Crippen molar-refractivity contribution in [3.63, 3.8) is 0 Å². The molecule has 0 saturated carbocycles. The molecule has 1 amide bonds. The number of anilines is 1. The molecule has 35 heavy (non-hydrogen) atoms. The summed E-state index contributed by atoms with van der Waals surface area (Å²) in [4.78, 5) is 25.6. The number of nitriles is 1. The van der Waals surface area contributed by atoms with Gasteiger partial charge in [0, 0.05) is 23.5 Å². The van der Waals surface area contributed by atoms with Gasteiger partial charge in [-0.15, -0.1) is 0 Å². The van der Waals surface area contributed by atoms with Gasteiger partial charge in [0.15, 0.2) is 0 Å². The summed E-state index contributed by atoms with van der Waals surface area (Å²) in [6.07, 6.45) is 0. The van der Waals surface area contributed by atoms with Gasteiger partial charge in [-0.2, -0.15) is 5.26 Å². The maximum Gasteiger partial charge on any atom is 0.336 e. The summed E-state index contributed by atoms with van der Waals surface area (Å²) in [5, 5.41) is 17.0. The third kappa shape index (κ3) is 6.67. The number of dihydropyridines is 1. The molecule has 9 heteroatoms. The molecule has 0 radical (unpaired) electrons. The monoisotopic (exact) mass is 511 g/mol. The van der Waals surface area contributed by atoms with Gasteiger partial charge in [0.2, 0.25) is 5.91 Å². The SMILES string of the molecule is COCCOC(=O)C1=C(C)NC(SCC(=O)Nc2ccc(C)cc2)=C(C#N)[C@@H]1c1ccccc1Cl. The highest BCUT2D eigenvalue weighted by atomic mass is 35.5. The Kier molecular flexibility index (Phi) is 9.38. The Hall–Kier alpha value is -3.25. The van der Waals surface area contributed by atoms with E-state index in [0.717, 1.165) is 5.56 Å². The van der Waals surface area contributed by atoms with Crippen molar-refractivity contribution in [2.75, 3.05) is 31.4 Å². The highest BCUT2D eigenvalue weighted by Gasteiger charge is 2.36. The van der Waals surface area contributed by atoms with Crippen LogP contribution in [0.1, 0.15) is 24.0 Å². The first-order valence-corrected chi connectivity index (χ1v) is 12.2. The van der Waals surface area contributed by atoms with Gasteiger partial charge in [-0.05, 0) is 37.6 Å². The number of hydrogen-bond donors (Lipinski definition) is 2. The van der Waals surface area contributed by atoms with Crippen molar-refractivity contribution in [3.8, 4) is 6.07 Å². The first kappa shape index (κ1) is 26.4. The molecule has 0 unspecified atom stereocenters. The van der Waals surface area contributed by atoms with E-state index < -0.39 is 11.9 Å². The second-order valence-electron chi connectivity index (χ2n) is 7.80. The van der Waals surface area contributed by atoms with Gasteiger partial charge >= 0.3 is 5.97 Å². The number of nitrogens with zero attached hydrogens (tertiary/aromatic N) is 1. The van der Waals surface area contributed by atoms with E-state index in [2.05, 4.69) is 16.7 Å². The van der Waals surface area contributed by atoms with Crippen molar-refractivity contribution in [2.24, 2.45) is 0 Å². The molecular weight excluding hydrogens is 486 g/mol. The molecule has 0 aliphatic carbocycles. The lowest BCUT2D eigenvalue weighted by atomic mass is 9.82. The average molecular weight is 512 g/mol. The summed E-state index contributed by atoms with van der Waals surface area (Å²) < 4.78 is 10.3. The molecule has 3 rings (SSSR count). The number of benzene rings is 2. The number of ether oxygens (including phenoxy) is 2. The number of aryl methyl sites for hydroxylation is 1. The molecule has 2 aromatic carbocycles. The minimum Gasteiger partial charge on any atom is -0.460 e. The summed E-state index contributed by atoms with van der Waals surface area (Å²) in [7, 11) is 1.52. The van der Waals surface area contributed by atoms with E-state index in [0.29, 0.717) is 32.6 Å². The summed E-state index contributed by atoms with van der Waals surface area (Å²) >= 11 is 7.67. The standard InChI is InChI=1S/C26H26ClN3O4S/c1-16-8-10-18(11-9-16)30-22(31)15-35-25-20(14-28)24(19-6-4-5-7-21(19)27)23(17(2)29-25)26(32)34-13-12-33-3/h4-11,24,29H,12-13,15H2,1-3H3,(H,30,31)/t24-/m0/s1. The fraction of sp³-hybridized carbons (Fsp3) is 0.269. The average Bonchev–Trinajstić information content (AvgIpc) is 2.84. The zero-order valence-corrected chi connectivity index (χ0v) is 21.3. The Morgan fingerprint density at radius 1 is 1.14 bits per heavy atom. The Labute approximate surface area is 214 Å². The molecule has 7 nitrogen and oxygen atoms in total. The zero-order chi connectivity index (χ0) is 25.4. The van der Waals surface area contributed by atoms with Gasteiger partial charge in [-0.25, -0.2) is 4.79 Å². The third-order valence-corrected chi connectivity index (χ3v) is 6.65. The first-order chi connectivity index (χ1) is 16.8. The van der Waals surface area contributed by atoms with Crippen LogP contribution in [-0.2, 0) is 19.1 Å². The Morgan fingerprint density at radius 2 is 1.86 bits per heavy atom. The summed E-state index contributed by atoms with van der Waals surface area (Å²) in [5.74, 6) is -1.46. The van der Waals surface area contributed by atoms with Crippen LogP contribution in [0.3, 0.4) is 0 Å². The molecule has 2 N–H and O–H groups in total. The molecule has 1 heterocycles. The second-order valence-corrected chi connectivity index (χ2v) is 9.20. The van der Waals surface area contributed by atoms with Crippen LogP contribution in [0, 0.1) is 18.3 Å². The number of halogens is 1. The molecule has 0 fully saturated rings. The quantitative estimate of drug-likeness (QED) is 0.364. The molecule has 182 valence electrons. The van der Waals surface area contributed by atoms with E-state index in [9.17, 15) is 14.9 Å². The molecule has 0 aromatic heterocycles. The van der Waals surface area contributed by atoms with E-state index in [1.807, 2.05) is 31.2 Å². The number of carbonyl (C=O) groups excluding carboxylic acids is 2. The van der Waals surface area contributed by atoms with Crippen LogP contribution in [0.2, 0.25) is 5.02 Å². The van der Waals surface area contributed by atoms with Gasteiger partial charge in [0.1, 0.15) is 6.61 Å². The third-order valence-electron chi connectivity index (χ3n) is 5.29. The Bertz CT molecular complexity index is 1200. The lowest BCUT2D eigenvalue weighted by Crippen LogP contribution is -2.30. The lowest BCUT2D eigenvalue weighted by molar-refractivity contribution is -0.140. The molecule has 1 aliphatic rings. The summed E-state index contributed by atoms with van der Waals surface area (Å²) in [6.45, 7) is 4.03. The first-order valence-electron chi connectivity index (χ1n) is 10.9.